The molecule has 0 fully saturated rings. The number of hydrogen-bond acceptors (Lipinski definition) is 7. The Hall–Kier alpha value is -3.72. The number of methoxy groups -OCH3 is 2. The summed E-state index contributed by atoms with van der Waals surface area (Å²) < 4.78 is 50.2. The molecule has 0 unspecified atom stereocenters. The number of anilines is 1. The Morgan fingerprint density at radius 3 is 2.16 bits per heavy atom. The predicted octanol–water partition coefficient (Wildman–Crippen LogP) is 3.87. The molecule has 0 aliphatic heterocycles. The molecule has 0 saturated carbocycles. The molecule has 0 amide bonds. The van der Waals surface area contributed by atoms with Gasteiger partial charge < -0.3 is 15.2 Å². The van der Waals surface area contributed by atoms with Gasteiger partial charge in [0.25, 0.3) is 0 Å². The van der Waals surface area contributed by atoms with Crippen LogP contribution in [0.15, 0.2) is 70.6 Å². The van der Waals surface area contributed by atoms with Crippen molar-refractivity contribution in [2.24, 2.45) is 0 Å². The number of sulfone groups is 1. The number of nitrogens with two attached hydrogens (primary N) is 1. The van der Waals surface area contributed by atoms with E-state index in [9.17, 15) is 12.8 Å². The second-order valence-electron chi connectivity index (χ2n) is 6.65. The van der Waals surface area contributed by atoms with E-state index in [0.717, 1.165) is 24.3 Å². The lowest BCUT2D eigenvalue weighted by Gasteiger charge is -2.12. The first-order chi connectivity index (χ1) is 14.8. The van der Waals surface area contributed by atoms with Crippen LogP contribution in [0, 0.1) is 5.82 Å². The van der Waals surface area contributed by atoms with Gasteiger partial charge in [0.15, 0.2) is 5.82 Å². The van der Waals surface area contributed by atoms with E-state index in [2.05, 4.69) is 9.97 Å². The summed E-state index contributed by atoms with van der Waals surface area (Å²) in [5.74, 6) is 0.339. The zero-order valence-corrected chi connectivity index (χ0v) is 17.5. The smallest absolute Gasteiger partial charge is 0.227 e. The summed E-state index contributed by atoms with van der Waals surface area (Å²) in [7, 11) is -1.04. The standard InChI is InChI=1S/C22H18FN3O4S/c1-29-15-10-13(11-16(12-15)30-2)18-4-3-5-19-20(18)26-22(21(24)25-19)31(27,28)17-8-6-14(23)7-9-17/h3-12H,1-2H3,(H2,24,25). The molecule has 4 aromatic rings. The molecule has 0 atom stereocenters. The third-order valence-electron chi connectivity index (χ3n) is 4.73. The molecular formula is C22H18FN3O4S. The van der Waals surface area contributed by atoms with Gasteiger partial charge in [-0.2, -0.15) is 0 Å². The average molecular weight is 439 g/mol. The third-order valence-corrected chi connectivity index (χ3v) is 6.43. The molecule has 7 nitrogen and oxygen atoms in total. The summed E-state index contributed by atoms with van der Waals surface area (Å²) in [6, 6.07) is 15.0. The van der Waals surface area contributed by atoms with Crippen molar-refractivity contribution in [3.63, 3.8) is 0 Å². The van der Waals surface area contributed by atoms with Crippen LogP contribution in [-0.4, -0.2) is 32.6 Å². The van der Waals surface area contributed by atoms with Crippen LogP contribution < -0.4 is 15.2 Å². The van der Waals surface area contributed by atoms with Gasteiger partial charge in [-0.15, -0.1) is 0 Å². The summed E-state index contributed by atoms with van der Waals surface area (Å²) in [5, 5.41) is -0.395. The average Bonchev–Trinajstić information content (AvgIpc) is 2.77. The molecule has 0 saturated heterocycles. The number of rotatable bonds is 5. The molecule has 158 valence electrons. The van der Waals surface area contributed by atoms with Gasteiger partial charge in [-0.3, -0.25) is 0 Å². The molecule has 0 bridgehead atoms. The normalized spacial score (nSPS) is 11.5. The molecule has 2 N–H and O–H groups in total. The Bertz CT molecular complexity index is 1370. The molecule has 9 heteroatoms. The van der Waals surface area contributed by atoms with Crippen molar-refractivity contribution in [2.45, 2.75) is 9.92 Å². The second-order valence-corrected chi connectivity index (χ2v) is 8.51. The number of halogens is 1. The maximum Gasteiger partial charge on any atom is 0.227 e. The Morgan fingerprint density at radius 2 is 1.55 bits per heavy atom. The van der Waals surface area contributed by atoms with Gasteiger partial charge in [-0.1, -0.05) is 12.1 Å². The summed E-state index contributed by atoms with van der Waals surface area (Å²) in [6.45, 7) is 0. The van der Waals surface area contributed by atoms with Crippen molar-refractivity contribution < 1.29 is 22.3 Å². The number of nitrogen functional groups attached to an aromatic ring is 1. The van der Waals surface area contributed by atoms with Crippen LogP contribution in [-0.2, 0) is 9.84 Å². The van der Waals surface area contributed by atoms with Gasteiger partial charge in [0, 0.05) is 11.6 Å². The maximum absolute atomic E-state index is 13.3. The molecular weight excluding hydrogens is 421 g/mol. The predicted molar refractivity (Wildman–Crippen MR) is 114 cm³/mol. The van der Waals surface area contributed by atoms with Crippen molar-refractivity contribution in [3.05, 3.63) is 66.5 Å². The topological polar surface area (TPSA) is 104 Å². The van der Waals surface area contributed by atoms with E-state index in [1.165, 1.54) is 14.2 Å². The first-order valence-corrected chi connectivity index (χ1v) is 10.6. The van der Waals surface area contributed by atoms with Crippen molar-refractivity contribution in [1.82, 2.24) is 9.97 Å². The number of hydrogen-bond donors (Lipinski definition) is 1. The molecule has 31 heavy (non-hydrogen) atoms. The number of benzene rings is 3. The highest BCUT2D eigenvalue weighted by molar-refractivity contribution is 7.91. The van der Waals surface area contributed by atoms with Gasteiger partial charge in [-0.05, 0) is 48.0 Å². The number of aromatic nitrogens is 2. The van der Waals surface area contributed by atoms with Crippen molar-refractivity contribution in [2.75, 3.05) is 20.0 Å². The molecule has 0 aliphatic carbocycles. The number of fused-ring (bicyclic) bond motifs is 1. The summed E-state index contributed by atoms with van der Waals surface area (Å²) in [6.07, 6.45) is 0. The number of ether oxygens (including phenoxy) is 2. The lowest BCUT2D eigenvalue weighted by Crippen LogP contribution is -2.10. The quantitative estimate of drug-likeness (QED) is 0.471. The van der Waals surface area contributed by atoms with E-state index < -0.39 is 20.7 Å². The summed E-state index contributed by atoms with van der Waals surface area (Å²) in [5.41, 5.74) is 8.04. The fourth-order valence-corrected chi connectivity index (χ4v) is 4.44. The summed E-state index contributed by atoms with van der Waals surface area (Å²) in [4.78, 5) is 8.51. The molecule has 4 rings (SSSR count). The van der Waals surface area contributed by atoms with E-state index >= 15 is 0 Å². The van der Waals surface area contributed by atoms with E-state index in [4.69, 9.17) is 15.2 Å². The van der Waals surface area contributed by atoms with Crippen LogP contribution in [0.5, 0.6) is 11.5 Å². The van der Waals surface area contributed by atoms with Gasteiger partial charge in [0.2, 0.25) is 14.9 Å². The van der Waals surface area contributed by atoms with Crippen LogP contribution in [0.3, 0.4) is 0 Å². The summed E-state index contributed by atoms with van der Waals surface area (Å²) >= 11 is 0. The minimum Gasteiger partial charge on any atom is -0.497 e. The van der Waals surface area contributed by atoms with E-state index in [-0.39, 0.29) is 10.7 Å². The molecule has 0 aliphatic rings. The Morgan fingerprint density at radius 1 is 0.903 bits per heavy atom. The van der Waals surface area contributed by atoms with Crippen LogP contribution in [0.4, 0.5) is 10.2 Å². The van der Waals surface area contributed by atoms with Gasteiger partial charge in [-0.25, -0.2) is 22.8 Å². The van der Waals surface area contributed by atoms with Gasteiger partial charge >= 0.3 is 0 Å². The Balaban J connectivity index is 1.96. The monoisotopic (exact) mass is 439 g/mol. The van der Waals surface area contributed by atoms with Crippen LogP contribution in [0.25, 0.3) is 22.2 Å². The Kier molecular flexibility index (Phi) is 5.20. The SMILES string of the molecule is COc1cc(OC)cc(-c2cccc3nc(N)c(S(=O)(=O)c4ccc(F)cc4)nc23)c1. The number of para-hydroxylation sites is 1. The highest BCUT2D eigenvalue weighted by atomic mass is 32.2. The van der Waals surface area contributed by atoms with E-state index in [0.29, 0.717) is 33.7 Å². The van der Waals surface area contributed by atoms with Crippen LogP contribution in [0.2, 0.25) is 0 Å². The molecule has 1 aromatic heterocycles. The van der Waals surface area contributed by atoms with Crippen LogP contribution in [0.1, 0.15) is 0 Å². The van der Waals surface area contributed by atoms with Crippen molar-refractivity contribution in [3.8, 4) is 22.6 Å². The second kappa shape index (κ2) is 7.84. The van der Waals surface area contributed by atoms with Gasteiger partial charge in [0.1, 0.15) is 17.3 Å². The zero-order chi connectivity index (χ0) is 22.2. The lowest BCUT2D eigenvalue weighted by atomic mass is 10.0. The minimum atomic E-state index is -4.12. The molecule has 0 spiro atoms. The van der Waals surface area contributed by atoms with Gasteiger partial charge in [0.05, 0.1) is 30.1 Å². The molecule has 0 radical (unpaired) electrons. The largest absolute Gasteiger partial charge is 0.497 e. The lowest BCUT2D eigenvalue weighted by molar-refractivity contribution is 0.394. The maximum atomic E-state index is 13.3. The fraction of sp³-hybridized carbons (Fsp3) is 0.0909. The first kappa shape index (κ1) is 20.5. The van der Waals surface area contributed by atoms with Crippen LogP contribution >= 0.6 is 0 Å². The Labute approximate surface area is 178 Å². The van der Waals surface area contributed by atoms with E-state index in [1.807, 2.05) is 0 Å². The van der Waals surface area contributed by atoms with Crippen molar-refractivity contribution in [1.29, 1.82) is 0 Å². The fourth-order valence-electron chi connectivity index (χ4n) is 3.19. The zero-order valence-electron chi connectivity index (χ0n) is 16.7. The molecule has 1 heterocycles. The number of nitrogens with zero attached hydrogens (tertiary/aromatic N) is 2. The minimum absolute atomic E-state index is 0.130. The third kappa shape index (κ3) is 3.75. The highest BCUT2D eigenvalue weighted by Gasteiger charge is 2.25. The first-order valence-electron chi connectivity index (χ1n) is 9.14. The molecule has 3 aromatic carbocycles. The van der Waals surface area contributed by atoms with Crippen molar-refractivity contribution >= 4 is 26.7 Å². The highest BCUT2D eigenvalue weighted by Crippen LogP contribution is 2.34. The van der Waals surface area contributed by atoms with E-state index in [1.54, 1.807) is 36.4 Å².